The van der Waals surface area contributed by atoms with Crippen molar-refractivity contribution >= 4 is 28.8 Å². The number of carbonyl (C=O) groups is 1. The maximum Gasteiger partial charge on any atom is 0.271 e. The van der Waals surface area contributed by atoms with Gasteiger partial charge in [-0.15, -0.1) is 11.3 Å². The lowest BCUT2D eigenvalue weighted by Crippen LogP contribution is -2.37. The fourth-order valence-electron chi connectivity index (χ4n) is 1.64. The number of thiazole rings is 1. The average Bonchev–Trinajstić information content (AvgIpc) is 2.95. The largest absolute Gasteiger partial charge is 0.394 e. The van der Waals surface area contributed by atoms with E-state index in [1.165, 1.54) is 11.3 Å². The van der Waals surface area contributed by atoms with Gasteiger partial charge in [0.15, 0.2) is 0 Å². The van der Waals surface area contributed by atoms with Crippen molar-refractivity contribution in [3.05, 3.63) is 40.4 Å². The van der Waals surface area contributed by atoms with Crippen LogP contribution in [0.4, 0.5) is 0 Å². The minimum Gasteiger partial charge on any atom is -0.394 e. The first kappa shape index (κ1) is 15.0. The summed E-state index contributed by atoms with van der Waals surface area (Å²) in [6.07, 6.45) is 0.677. The number of nitrogens with zero attached hydrogens (tertiary/aromatic N) is 1. The molecule has 1 aromatic heterocycles. The van der Waals surface area contributed by atoms with Crippen molar-refractivity contribution in [3.63, 3.8) is 0 Å². The standard InChI is InChI=1S/C14H15ClN2O2S/c1-2-11(7-18)16-13(19)12-8-20-14(17-12)9-3-5-10(15)6-4-9/h3-6,8,11,18H,2,7H2,1H3,(H,16,19). The molecule has 1 amide bonds. The number of aliphatic hydroxyl groups excluding tert-OH is 1. The van der Waals surface area contributed by atoms with E-state index in [-0.39, 0.29) is 18.6 Å². The second-order valence-corrected chi connectivity index (χ2v) is 5.60. The van der Waals surface area contributed by atoms with Gasteiger partial charge < -0.3 is 10.4 Å². The van der Waals surface area contributed by atoms with Gasteiger partial charge in [0, 0.05) is 16.0 Å². The second kappa shape index (κ2) is 6.83. The van der Waals surface area contributed by atoms with Gasteiger partial charge in [0.05, 0.1) is 12.6 Å². The molecule has 0 fully saturated rings. The summed E-state index contributed by atoms with van der Waals surface area (Å²) < 4.78 is 0. The fraction of sp³-hybridized carbons (Fsp3) is 0.286. The van der Waals surface area contributed by atoms with Gasteiger partial charge in [0.1, 0.15) is 10.7 Å². The SMILES string of the molecule is CCC(CO)NC(=O)c1csc(-c2ccc(Cl)cc2)n1. The van der Waals surface area contributed by atoms with Crippen LogP contribution in [0.25, 0.3) is 10.6 Å². The molecule has 2 N–H and O–H groups in total. The van der Waals surface area contributed by atoms with Gasteiger partial charge in [-0.1, -0.05) is 30.7 Å². The molecule has 2 rings (SSSR count). The van der Waals surface area contributed by atoms with Crippen molar-refractivity contribution < 1.29 is 9.90 Å². The molecule has 0 saturated carbocycles. The highest BCUT2D eigenvalue weighted by molar-refractivity contribution is 7.13. The van der Waals surface area contributed by atoms with E-state index < -0.39 is 0 Å². The molecule has 1 atom stereocenters. The molecule has 2 aromatic rings. The van der Waals surface area contributed by atoms with Crippen LogP contribution in [0.2, 0.25) is 5.02 Å². The van der Waals surface area contributed by atoms with Gasteiger partial charge >= 0.3 is 0 Å². The quantitative estimate of drug-likeness (QED) is 0.892. The molecule has 106 valence electrons. The molecule has 0 aliphatic heterocycles. The van der Waals surface area contributed by atoms with Crippen molar-refractivity contribution in [1.29, 1.82) is 0 Å². The Bertz CT molecular complexity index is 579. The van der Waals surface area contributed by atoms with Crippen LogP contribution in [-0.4, -0.2) is 28.6 Å². The number of benzene rings is 1. The number of aromatic nitrogens is 1. The van der Waals surface area contributed by atoms with Crippen molar-refractivity contribution in [2.75, 3.05) is 6.61 Å². The van der Waals surface area contributed by atoms with Gasteiger partial charge in [-0.3, -0.25) is 4.79 Å². The van der Waals surface area contributed by atoms with E-state index in [0.29, 0.717) is 17.1 Å². The number of hydrogen-bond donors (Lipinski definition) is 2. The predicted molar refractivity (Wildman–Crippen MR) is 81.2 cm³/mol. The average molecular weight is 311 g/mol. The van der Waals surface area contributed by atoms with E-state index in [4.69, 9.17) is 16.7 Å². The van der Waals surface area contributed by atoms with Gasteiger partial charge in [-0.25, -0.2) is 4.98 Å². The zero-order valence-corrected chi connectivity index (χ0v) is 12.5. The van der Waals surface area contributed by atoms with E-state index >= 15 is 0 Å². The van der Waals surface area contributed by atoms with Gasteiger partial charge in [-0.05, 0) is 18.6 Å². The Morgan fingerprint density at radius 2 is 2.15 bits per heavy atom. The maximum atomic E-state index is 12.0. The fourth-order valence-corrected chi connectivity index (χ4v) is 2.57. The highest BCUT2D eigenvalue weighted by atomic mass is 35.5. The van der Waals surface area contributed by atoms with Crippen LogP contribution in [0.1, 0.15) is 23.8 Å². The van der Waals surface area contributed by atoms with E-state index in [2.05, 4.69) is 10.3 Å². The molecule has 0 aliphatic carbocycles. The first-order valence-corrected chi connectivity index (χ1v) is 7.53. The molecule has 4 nitrogen and oxygen atoms in total. The maximum absolute atomic E-state index is 12.0. The predicted octanol–water partition coefficient (Wildman–Crippen LogP) is 2.96. The second-order valence-electron chi connectivity index (χ2n) is 4.31. The zero-order chi connectivity index (χ0) is 14.5. The number of halogens is 1. The minimum absolute atomic E-state index is 0.0730. The molecule has 0 spiro atoms. The molecule has 20 heavy (non-hydrogen) atoms. The summed E-state index contributed by atoms with van der Waals surface area (Å²) in [5, 5.41) is 15.0. The third-order valence-electron chi connectivity index (χ3n) is 2.88. The summed E-state index contributed by atoms with van der Waals surface area (Å²) in [6.45, 7) is 1.83. The summed E-state index contributed by atoms with van der Waals surface area (Å²) in [7, 11) is 0. The van der Waals surface area contributed by atoms with Crippen LogP contribution in [0.3, 0.4) is 0 Å². The Kier molecular flexibility index (Phi) is 5.11. The van der Waals surface area contributed by atoms with Crippen LogP contribution in [0, 0.1) is 0 Å². The van der Waals surface area contributed by atoms with Crippen LogP contribution < -0.4 is 5.32 Å². The molecule has 0 saturated heterocycles. The summed E-state index contributed by atoms with van der Waals surface area (Å²) in [5.74, 6) is -0.262. The van der Waals surface area contributed by atoms with E-state index in [9.17, 15) is 4.79 Å². The minimum atomic E-state index is -0.262. The first-order chi connectivity index (χ1) is 9.63. The normalized spacial score (nSPS) is 12.2. The number of rotatable bonds is 5. The smallest absolute Gasteiger partial charge is 0.271 e. The Balaban J connectivity index is 2.12. The summed E-state index contributed by atoms with van der Waals surface area (Å²) in [5.41, 5.74) is 1.29. The summed E-state index contributed by atoms with van der Waals surface area (Å²) in [4.78, 5) is 16.3. The van der Waals surface area contributed by atoms with Crippen molar-refractivity contribution in [2.24, 2.45) is 0 Å². The highest BCUT2D eigenvalue weighted by Gasteiger charge is 2.15. The van der Waals surface area contributed by atoms with E-state index in [1.807, 2.05) is 19.1 Å². The molecule has 0 aliphatic rings. The lowest BCUT2D eigenvalue weighted by molar-refractivity contribution is 0.0910. The first-order valence-electron chi connectivity index (χ1n) is 6.27. The van der Waals surface area contributed by atoms with Crippen LogP contribution in [-0.2, 0) is 0 Å². The molecule has 0 bridgehead atoms. The Labute approximate surface area is 126 Å². The third-order valence-corrected chi connectivity index (χ3v) is 4.02. The van der Waals surface area contributed by atoms with Crippen LogP contribution in [0.5, 0.6) is 0 Å². The molecule has 1 unspecified atom stereocenters. The number of hydrogen-bond acceptors (Lipinski definition) is 4. The molecule has 0 radical (unpaired) electrons. The lowest BCUT2D eigenvalue weighted by atomic mass is 10.2. The topological polar surface area (TPSA) is 62.2 Å². The Hall–Kier alpha value is -1.43. The molecule has 6 heteroatoms. The Morgan fingerprint density at radius 1 is 1.45 bits per heavy atom. The molecule has 1 aromatic carbocycles. The van der Waals surface area contributed by atoms with E-state index in [0.717, 1.165) is 10.6 Å². The van der Waals surface area contributed by atoms with Gasteiger partial charge in [0.2, 0.25) is 0 Å². The van der Waals surface area contributed by atoms with Crippen LogP contribution >= 0.6 is 22.9 Å². The van der Waals surface area contributed by atoms with Crippen molar-refractivity contribution in [2.45, 2.75) is 19.4 Å². The summed E-state index contributed by atoms with van der Waals surface area (Å²) >= 11 is 7.24. The van der Waals surface area contributed by atoms with Crippen molar-refractivity contribution in [3.8, 4) is 10.6 Å². The lowest BCUT2D eigenvalue weighted by Gasteiger charge is -2.12. The summed E-state index contributed by atoms with van der Waals surface area (Å²) in [6, 6.07) is 7.08. The third kappa shape index (κ3) is 3.56. The Morgan fingerprint density at radius 3 is 2.75 bits per heavy atom. The van der Waals surface area contributed by atoms with Gasteiger partial charge in [0.25, 0.3) is 5.91 Å². The zero-order valence-electron chi connectivity index (χ0n) is 11.0. The number of carbonyl (C=O) groups excluding carboxylic acids is 1. The highest BCUT2D eigenvalue weighted by Crippen LogP contribution is 2.25. The molecular formula is C14H15ClN2O2S. The number of nitrogens with one attached hydrogen (secondary N) is 1. The van der Waals surface area contributed by atoms with E-state index in [1.54, 1.807) is 17.5 Å². The van der Waals surface area contributed by atoms with Gasteiger partial charge in [-0.2, -0.15) is 0 Å². The molecular weight excluding hydrogens is 296 g/mol. The monoisotopic (exact) mass is 310 g/mol. The molecule has 1 heterocycles. The van der Waals surface area contributed by atoms with Crippen LogP contribution in [0.15, 0.2) is 29.6 Å². The number of amides is 1. The number of aliphatic hydroxyl groups is 1. The van der Waals surface area contributed by atoms with Crippen molar-refractivity contribution in [1.82, 2.24) is 10.3 Å².